The number of amides is 1. The van der Waals surface area contributed by atoms with E-state index in [0.717, 1.165) is 37.0 Å². The molecule has 142 valence electrons. The Morgan fingerprint density at radius 2 is 1.89 bits per heavy atom. The van der Waals surface area contributed by atoms with Gasteiger partial charge in [0.15, 0.2) is 0 Å². The maximum atomic E-state index is 13.2. The summed E-state index contributed by atoms with van der Waals surface area (Å²) in [4.78, 5) is 21.7. The molecule has 1 aliphatic carbocycles. The number of carbonyl (C=O) groups excluding carboxylic acids is 1. The second-order valence-electron chi connectivity index (χ2n) is 7.96. The monoisotopic (exact) mass is 365 g/mol. The van der Waals surface area contributed by atoms with Crippen LogP contribution >= 0.6 is 0 Å². The molecule has 1 fully saturated rings. The zero-order chi connectivity index (χ0) is 18.9. The average molecular weight is 365 g/mol. The van der Waals surface area contributed by atoms with Crippen molar-refractivity contribution in [1.29, 1.82) is 0 Å². The first-order valence-electron chi connectivity index (χ1n) is 9.70. The highest BCUT2D eigenvalue weighted by atomic mass is 16.5. The van der Waals surface area contributed by atoms with Gasteiger partial charge in [-0.05, 0) is 58.0 Å². The Labute approximate surface area is 161 Å². The first-order chi connectivity index (χ1) is 13.1. The van der Waals surface area contributed by atoms with E-state index in [2.05, 4.69) is 30.0 Å². The van der Waals surface area contributed by atoms with Crippen molar-refractivity contribution in [3.8, 4) is 5.75 Å². The molecule has 2 heterocycles. The van der Waals surface area contributed by atoms with E-state index in [-0.39, 0.29) is 11.5 Å². The maximum absolute atomic E-state index is 13.2. The lowest BCUT2D eigenvalue weighted by molar-refractivity contribution is -0.00940. The molecule has 27 heavy (non-hydrogen) atoms. The fraction of sp³-hybridized carbons (Fsp3) is 0.455. The summed E-state index contributed by atoms with van der Waals surface area (Å²) in [5.41, 5.74) is 1.24. The van der Waals surface area contributed by atoms with Gasteiger partial charge in [0.05, 0.1) is 6.54 Å². The van der Waals surface area contributed by atoms with E-state index in [9.17, 15) is 4.79 Å². The number of pyridine rings is 1. The molecular formula is C22H27N3O2. The Hall–Kier alpha value is -2.40. The van der Waals surface area contributed by atoms with Crippen molar-refractivity contribution in [2.45, 2.75) is 43.9 Å². The summed E-state index contributed by atoms with van der Waals surface area (Å²) in [6, 6.07) is 14.2. The third-order valence-corrected chi connectivity index (χ3v) is 5.91. The first kappa shape index (κ1) is 18.0. The zero-order valence-electron chi connectivity index (χ0n) is 16.1. The minimum Gasteiger partial charge on any atom is -0.485 e. The average Bonchev–Trinajstić information content (AvgIpc) is 2.85. The number of hydrogen-bond donors (Lipinski definition) is 0. The number of para-hydroxylation sites is 1. The summed E-state index contributed by atoms with van der Waals surface area (Å²) < 4.78 is 6.60. The molecule has 0 N–H and O–H groups in total. The van der Waals surface area contributed by atoms with Gasteiger partial charge in [-0.25, -0.2) is 0 Å². The minimum atomic E-state index is -0.316. The van der Waals surface area contributed by atoms with Gasteiger partial charge in [-0.2, -0.15) is 0 Å². The molecule has 0 bridgehead atoms. The number of carbonyl (C=O) groups is 1. The van der Waals surface area contributed by atoms with Crippen molar-refractivity contribution >= 4 is 5.91 Å². The van der Waals surface area contributed by atoms with Crippen molar-refractivity contribution in [2.75, 3.05) is 20.6 Å². The van der Waals surface area contributed by atoms with Crippen molar-refractivity contribution in [2.24, 2.45) is 0 Å². The molecule has 0 radical (unpaired) electrons. The number of fused-ring (bicyclic) bond motifs is 1. The Morgan fingerprint density at radius 1 is 1.15 bits per heavy atom. The summed E-state index contributed by atoms with van der Waals surface area (Å²) in [5.74, 6) is 0.891. The molecule has 1 saturated carbocycles. The van der Waals surface area contributed by atoms with Crippen LogP contribution in [0.2, 0.25) is 0 Å². The molecule has 2 aliphatic rings. The van der Waals surface area contributed by atoms with E-state index in [0.29, 0.717) is 24.8 Å². The van der Waals surface area contributed by atoms with Gasteiger partial charge in [-0.15, -0.1) is 0 Å². The fourth-order valence-electron chi connectivity index (χ4n) is 4.31. The SMILES string of the molecule is CN(C)C1CCC2(CC1)CN(C(=O)c1ccccn1)Cc1ccccc1O2. The van der Waals surface area contributed by atoms with Gasteiger partial charge in [0.2, 0.25) is 0 Å². The van der Waals surface area contributed by atoms with E-state index in [4.69, 9.17) is 4.74 Å². The molecular weight excluding hydrogens is 338 g/mol. The minimum absolute atomic E-state index is 0.0231. The summed E-state index contributed by atoms with van der Waals surface area (Å²) in [6.07, 6.45) is 5.75. The molecule has 0 unspecified atom stereocenters. The van der Waals surface area contributed by atoms with Gasteiger partial charge in [0.25, 0.3) is 5.91 Å². The molecule has 0 saturated heterocycles. The van der Waals surface area contributed by atoms with E-state index >= 15 is 0 Å². The van der Waals surface area contributed by atoms with Crippen molar-refractivity contribution < 1.29 is 9.53 Å². The lowest BCUT2D eigenvalue weighted by Crippen LogP contribution is -2.51. The number of benzene rings is 1. The zero-order valence-corrected chi connectivity index (χ0v) is 16.1. The lowest BCUT2D eigenvalue weighted by Gasteiger charge is -2.42. The summed E-state index contributed by atoms with van der Waals surface area (Å²) in [5, 5.41) is 0. The van der Waals surface area contributed by atoms with Crippen LogP contribution in [0.1, 0.15) is 41.7 Å². The molecule has 4 rings (SSSR count). The summed E-state index contributed by atoms with van der Waals surface area (Å²) in [7, 11) is 4.28. The fourth-order valence-corrected chi connectivity index (χ4v) is 4.31. The van der Waals surface area contributed by atoms with Gasteiger partial charge < -0.3 is 14.5 Å². The number of aromatic nitrogens is 1. The predicted octanol–water partition coefficient (Wildman–Crippen LogP) is 3.36. The number of rotatable bonds is 2. The highest BCUT2D eigenvalue weighted by Gasteiger charge is 2.42. The number of ether oxygens (including phenoxy) is 1. The topological polar surface area (TPSA) is 45.7 Å². The first-order valence-corrected chi connectivity index (χ1v) is 9.70. The normalized spacial score (nSPS) is 25.0. The molecule has 5 heteroatoms. The van der Waals surface area contributed by atoms with Crippen LogP contribution in [-0.2, 0) is 6.54 Å². The number of hydrogen-bond acceptors (Lipinski definition) is 4. The van der Waals surface area contributed by atoms with E-state index in [1.807, 2.05) is 35.2 Å². The predicted molar refractivity (Wildman–Crippen MR) is 105 cm³/mol. The van der Waals surface area contributed by atoms with Crippen LogP contribution in [0.5, 0.6) is 5.75 Å². The quantitative estimate of drug-likeness (QED) is 0.819. The molecule has 1 amide bonds. The second kappa shape index (κ2) is 7.31. The third kappa shape index (κ3) is 3.69. The highest BCUT2D eigenvalue weighted by Crippen LogP contribution is 2.39. The van der Waals surface area contributed by atoms with Crippen LogP contribution in [0, 0.1) is 0 Å². The van der Waals surface area contributed by atoms with Gasteiger partial charge in [-0.1, -0.05) is 24.3 Å². The number of nitrogens with zero attached hydrogens (tertiary/aromatic N) is 3. The summed E-state index contributed by atoms with van der Waals surface area (Å²) >= 11 is 0. The molecule has 1 aromatic heterocycles. The van der Waals surface area contributed by atoms with Gasteiger partial charge in [-0.3, -0.25) is 9.78 Å². The Morgan fingerprint density at radius 3 is 2.59 bits per heavy atom. The van der Waals surface area contributed by atoms with Crippen LogP contribution in [0.25, 0.3) is 0 Å². The Balaban J connectivity index is 1.64. The molecule has 2 aromatic rings. The van der Waals surface area contributed by atoms with Crippen LogP contribution < -0.4 is 4.74 Å². The standard InChI is InChI=1S/C22H27N3O2/c1-24(2)18-10-12-22(13-11-18)16-25(21(26)19-8-5-6-14-23-19)15-17-7-3-4-9-20(17)27-22/h3-9,14,18H,10-13,15-16H2,1-2H3. The van der Waals surface area contributed by atoms with Crippen LogP contribution in [0.15, 0.2) is 48.7 Å². The van der Waals surface area contributed by atoms with Crippen LogP contribution in [-0.4, -0.2) is 53.0 Å². The molecule has 0 atom stereocenters. The lowest BCUT2D eigenvalue weighted by atomic mass is 9.81. The van der Waals surface area contributed by atoms with Gasteiger partial charge in [0.1, 0.15) is 17.0 Å². The van der Waals surface area contributed by atoms with Crippen LogP contribution in [0.3, 0.4) is 0 Å². The highest BCUT2D eigenvalue weighted by molar-refractivity contribution is 5.92. The van der Waals surface area contributed by atoms with Crippen molar-refractivity contribution in [1.82, 2.24) is 14.8 Å². The van der Waals surface area contributed by atoms with E-state index < -0.39 is 0 Å². The Kier molecular flexibility index (Phi) is 4.87. The van der Waals surface area contributed by atoms with Crippen molar-refractivity contribution in [3.63, 3.8) is 0 Å². The second-order valence-corrected chi connectivity index (χ2v) is 7.96. The maximum Gasteiger partial charge on any atom is 0.272 e. The third-order valence-electron chi connectivity index (χ3n) is 5.91. The van der Waals surface area contributed by atoms with Gasteiger partial charge in [0, 0.05) is 24.3 Å². The van der Waals surface area contributed by atoms with E-state index in [1.54, 1.807) is 12.3 Å². The Bertz CT molecular complexity index is 798. The summed E-state index contributed by atoms with van der Waals surface area (Å²) in [6.45, 7) is 1.17. The molecule has 1 spiro atoms. The van der Waals surface area contributed by atoms with Crippen LogP contribution in [0.4, 0.5) is 0 Å². The van der Waals surface area contributed by atoms with E-state index in [1.165, 1.54) is 0 Å². The molecule has 1 aromatic carbocycles. The van der Waals surface area contributed by atoms with Crippen molar-refractivity contribution in [3.05, 3.63) is 59.9 Å². The molecule has 5 nitrogen and oxygen atoms in total. The van der Waals surface area contributed by atoms with Gasteiger partial charge >= 0.3 is 0 Å². The largest absolute Gasteiger partial charge is 0.485 e. The molecule has 1 aliphatic heterocycles. The smallest absolute Gasteiger partial charge is 0.272 e.